The smallest absolute Gasteiger partial charge is 0.243 e. The van der Waals surface area contributed by atoms with Crippen LogP contribution in [0.1, 0.15) is 80.3 Å². The van der Waals surface area contributed by atoms with Crippen molar-refractivity contribution in [1.29, 1.82) is 0 Å². The average molecular weight is 497 g/mol. The summed E-state index contributed by atoms with van der Waals surface area (Å²) in [5.74, 6) is -0.466. The quantitative estimate of drug-likeness (QED) is 0.427. The highest BCUT2D eigenvalue weighted by Crippen LogP contribution is 2.23. The Hall–Kier alpha value is -2.19. The van der Waals surface area contributed by atoms with E-state index in [2.05, 4.69) is 23.6 Å². The lowest BCUT2D eigenvalue weighted by atomic mass is 9.96. The standard InChI is InChI=1S/C21H36N4O4.2C2H6.C2H4/c1-5-25-17(9-10-22-25)8-6-7-16(13-26)23-20(28)19-11-18(27)12-24(19)21(29)15(4)14(2)3;3*1-2/h9-10,14-16,18-19,26-27H,5-8,11-13H2,1-4H3,(H,23,28);2*1-2H3;1-2H2. The van der Waals surface area contributed by atoms with Gasteiger partial charge in [0.25, 0.3) is 0 Å². The van der Waals surface area contributed by atoms with Crippen molar-refractivity contribution in [2.24, 2.45) is 11.8 Å². The third-order valence-electron chi connectivity index (χ3n) is 5.91. The Morgan fingerprint density at radius 3 is 2.31 bits per heavy atom. The van der Waals surface area contributed by atoms with Gasteiger partial charge in [0.15, 0.2) is 0 Å². The third kappa shape index (κ3) is 11.4. The molecule has 1 aliphatic heterocycles. The van der Waals surface area contributed by atoms with Crippen LogP contribution in [0.5, 0.6) is 0 Å². The molecule has 1 aliphatic rings. The number of hydrogen-bond donors (Lipinski definition) is 3. The molecule has 2 amide bonds. The monoisotopic (exact) mass is 496 g/mol. The highest BCUT2D eigenvalue weighted by atomic mass is 16.3. The van der Waals surface area contributed by atoms with Crippen LogP contribution in [-0.2, 0) is 22.6 Å². The number of aryl methyl sites for hydroxylation is 2. The number of rotatable bonds is 10. The second-order valence-corrected chi connectivity index (χ2v) is 8.35. The van der Waals surface area contributed by atoms with Crippen molar-refractivity contribution in [3.63, 3.8) is 0 Å². The number of carbonyl (C=O) groups excluding carboxylic acids is 2. The van der Waals surface area contributed by atoms with E-state index < -0.39 is 12.1 Å². The van der Waals surface area contributed by atoms with Gasteiger partial charge >= 0.3 is 0 Å². The molecule has 204 valence electrons. The molecule has 3 N–H and O–H groups in total. The predicted octanol–water partition coefficient (Wildman–Crippen LogP) is 3.81. The number of aliphatic hydroxyl groups is 2. The topological polar surface area (TPSA) is 108 Å². The molecule has 1 saturated heterocycles. The van der Waals surface area contributed by atoms with Crippen LogP contribution in [0.25, 0.3) is 0 Å². The Kier molecular flexibility index (Phi) is 20.0. The molecule has 4 atom stereocenters. The van der Waals surface area contributed by atoms with E-state index in [9.17, 15) is 19.8 Å². The van der Waals surface area contributed by atoms with E-state index in [1.54, 1.807) is 6.20 Å². The van der Waals surface area contributed by atoms with Crippen LogP contribution in [0.3, 0.4) is 0 Å². The molecule has 0 aromatic carbocycles. The largest absolute Gasteiger partial charge is 0.394 e. The van der Waals surface area contributed by atoms with Gasteiger partial charge in [-0.15, -0.1) is 13.2 Å². The average Bonchev–Trinajstić information content (AvgIpc) is 3.52. The number of carbonyl (C=O) groups is 2. The summed E-state index contributed by atoms with van der Waals surface area (Å²) in [6, 6.07) is 0.919. The number of aliphatic hydroxyl groups excluding tert-OH is 2. The zero-order valence-corrected chi connectivity index (χ0v) is 23.5. The van der Waals surface area contributed by atoms with Gasteiger partial charge in [-0.1, -0.05) is 48.5 Å². The van der Waals surface area contributed by atoms with Gasteiger partial charge in [-0.25, -0.2) is 0 Å². The van der Waals surface area contributed by atoms with Crippen molar-refractivity contribution in [3.8, 4) is 0 Å². The van der Waals surface area contributed by atoms with E-state index in [0.717, 1.165) is 25.1 Å². The maximum Gasteiger partial charge on any atom is 0.243 e. The highest BCUT2D eigenvalue weighted by molar-refractivity contribution is 5.89. The van der Waals surface area contributed by atoms with Crippen LogP contribution < -0.4 is 5.32 Å². The van der Waals surface area contributed by atoms with Crippen molar-refractivity contribution in [3.05, 3.63) is 31.1 Å². The van der Waals surface area contributed by atoms with Gasteiger partial charge in [0.2, 0.25) is 11.8 Å². The molecule has 8 nitrogen and oxygen atoms in total. The van der Waals surface area contributed by atoms with Crippen LogP contribution >= 0.6 is 0 Å². The minimum atomic E-state index is -0.698. The number of hydrogen-bond acceptors (Lipinski definition) is 5. The first-order chi connectivity index (χ1) is 16.8. The summed E-state index contributed by atoms with van der Waals surface area (Å²) in [5, 5.41) is 26.9. The highest BCUT2D eigenvalue weighted by Gasteiger charge is 2.41. The minimum absolute atomic E-state index is 0.106. The van der Waals surface area contributed by atoms with E-state index in [1.165, 1.54) is 4.90 Å². The van der Waals surface area contributed by atoms with Gasteiger partial charge < -0.3 is 20.4 Å². The number of amides is 2. The lowest BCUT2D eigenvalue weighted by Crippen LogP contribution is -2.51. The van der Waals surface area contributed by atoms with Crippen molar-refractivity contribution in [2.75, 3.05) is 13.2 Å². The molecular formula is C27H52N4O4. The van der Waals surface area contributed by atoms with Gasteiger partial charge in [-0.05, 0) is 38.2 Å². The Morgan fingerprint density at radius 1 is 1.20 bits per heavy atom. The Labute approximate surface area is 213 Å². The van der Waals surface area contributed by atoms with Gasteiger partial charge in [0, 0.05) is 37.3 Å². The summed E-state index contributed by atoms with van der Waals surface area (Å²) in [7, 11) is 0. The van der Waals surface area contributed by atoms with Crippen LogP contribution in [0.4, 0.5) is 0 Å². The molecule has 1 fully saturated rings. The molecule has 4 unspecified atom stereocenters. The van der Waals surface area contributed by atoms with E-state index in [1.807, 2.05) is 66.1 Å². The lowest BCUT2D eigenvalue weighted by molar-refractivity contribution is -0.142. The number of nitrogens with zero attached hydrogens (tertiary/aromatic N) is 3. The third-order valence-corrected chi connectivity index (χ3v) is 5.91. The van der Waals surface area contributed by atoms with Crippen molar-refractivity contribution >= 4 is 11.8 Å². The van der Waals surface area contributed by atoms with Gasteiger partial charge in [-0.3, -0.25) is 14.3 Å². The van der Waals surface area contributed by atoms with Crippen molar-refractivity contribution in [2.45, 2.75) is 106 Å². The first-order valence-corrected chi connectivity index (χ1v) is 13.2. The summed E-state index contributed by atoms with van der Waals surface area (Å²) in [4.78, 5) is 27.1. The SMILES string of the molecule is C=C.CC.CC.CCn1nccc1CCCC(CO)NC(=O)C1CC(O)CN1C(=O)C(C)C(C)C. The first kappa shape index (κ1) is 35.0. The zero-order chi connectivity index (χ0) is 27.6. The lowest BCUT2D eigenvalue weighted by Gasteiger charge is -2.29. The Morgan fingerprint density at radius 2 is 1.80 bits per heavy atom. The summed E-state index contributed by atoms with van der Waals surface area (Å²) in [6.07, 6.45) is 3.56. The number of β-amino-alcohol motifs (C(OH)–C–C–N with tert-alkyl or cyclic N) is 1. The molecule has 2 rings (SSSR count). The van der Waals surface area contributed by atoms with Crippen LogP contribution in [0.15, 0.2) is 25.4 Å². The van der Waals surface area contributed by atoms with E-state index >= 15 is 0 Å². The molecular weight excluding hydrogens is 444 g/mol. The fourth-order valence-electron chi connectivity index (χ4n) is 3.75. The van der Waals surface area contributed by atoms with Crippen LogP contribution in [0.2, 0.25) is 0 Å². The molecule has 35 heavy (non-hydrogen) atoms. The van der Waals surface area contributed by atoms with Crippen molar-refractivity contribution in [1.82, 2.24) is 20.0 Å². The van der Waals surface area contributed by atoms with Gasteiger partial charge in [-0.2, -0.15) is 5.10 Å². The van der Waals surface area contributed by atoms with E-state index in [4.69, 9.17) is 0 Å². The summed E-state index contributed by atoms with van der Waals surface area (Å²) in [6.45, 7) is 22.7. The normalized spacial score (nSPS) is 18.2. The maximum atomic E-state index is 12.8. The zero-order valence-electron chi connectivity index (χ0n) is 23.5. The molecule has 0 bridgehead atoms. The van der Waals surface area contributed by atoms with Crippen LogP contribution in [-0.4, -0.2) is 68.0 Å². The summed E-state index contributed by atoms with van der Waals surface area (Å²) >= 11 is 0. The molecule has 0 aliphatic carbocycles. The van der Waals surface area contributed by atoms with Gasteiger partial charge in [0.05, 0.1) is 18.8 Å². The number of likely N-dealkylation sites (tertiary alicyclic amines) is 1. The van der Waals surface area contributed by atoms with Gasteiger partial charge in [0.1, 0.15) is 6.04 Å². The molecule has 0 radical (unpaired) electrons. The fraction of sp³-hybridized carbons (Fsp3) is 0.741. The predicted molar refractivity (Wildman–Crippen MR) is 144 cm³/mol. The van der Waals surface area contributed by atoms with Crippen LogP contribution in [0, 0.1) is 11.8 Å². The molecule has 0 saturated carbocycles. The second-order valence-electron chi connectivity index (χ2n) is 8.35. The summed E-state index contributed by atoms with van der Waals surface area (Å²) < 4.78 is 1.94. The fourth-order valence-corrected chi connectivity index (χ4v) is 3.75. The minimum Gasteiger partial charge on any atom is -0.394 e. The maximum absolute atomic E-state index is 12.8. The second kappa shape index (κ2) is 20.0. The molecule has 0 spiro atoms. The first-order valence-electron chi connectivity index (χ1n) is 13.2. The Bertz CT molecular complexity index is 692. The number of nitrogens with one attached hydrogen (secondary N) is 1. The molecule has 1 aromatic rings. The number of aromatic nitrogens is 2. The molecule has 1 aromatic heterocycles. The van der Waals surface area contributed by atoms with E-state index in [0.29, 0.717) is 6.42 Å². The molecule has 2 heterocycles. The molecule has 8 heteroatoms. The van der Waals surface area contributed by atoms with E-state index in [-0.39, 0.29) is 49.3 Å². The summed E-state index contributed by atoms with van der Waals surface area (Å²) in [5.41, 5.74) is 1.13. The Balaban J connectivity index is 0. The van der Waals surface area contributed by atoms with Crippen molar-refractivity contribution < 1.29 is 19.8 Å².